The number of rotatable bonds is 8. The number of piperidine rings is 1. The van der Waals surface area contributed by atoms with Gasteiger partial charge in [-0.1, -0.05) is 12.1 Å². The first-order valence-corrected chi connectivity index (χ1v) is 12.0. The van der Waals surface area contributed by atoms with Crippen LogP contribution in [0.4, 0.5) is 0 Å². The lowest BCUT2D eigenvalue weighted by atomic mass is 9.70. The van der Waals surface area contributed by atoms with Gasteiger partial charge in [-0.25, -0.2) is 4.79 Å². The van der Waals surface area contributed by atoms with Crippen molar-refractivity contribution in [3.05, 3.63) is 23.8 Å². The van der Waals surface area contributed by atoms with Crippen molar-refractivity contribution in [3.63, 3.8) is 0 Å². The quantitative estimate of drug-likeness (QED) is 0.610. The number of likely N-dealkylation sites (tertiary alicyclic amines) is 1. The fourth-order valence-electron chi connectivity index (χ4n) is 5.29. The van der Waals surface area contributed by atoms with Crippen molar-refractivity contribution in [2.75, 3.05) is 53.6 Å². The number of aliphatic carboxylic acids is 1. The van der Waals surface area contributed by atoms with Crippen LogP contribution in [-0.4, -0.2) is 92.0 Å². The van der Waals surface area contributed by atoms with Crippen LogP contribution >= 0.6 is 0 Å². The average Bonchev–Trinajstić information content (AvgIpc) is 2.77. The van der Waals surface area contributed by atoms with Gasteiger partial charge in [0.15, 0.2) is 11.5 Å². The summed E-state index contributed by atoms with van der Waals surface area (Å²) >= 11 is 0. The molecule has 9 heteroatoms. The van der Waals surface area contributed by atoms with E-state index in [0.29, 0.717) is 19.7 Å². The van der Waals surface area contributed by atoms with Crippen molar-refractivity contribution in [1.29, 1.82) is 0 Å². The minimum atomic E-state index is -1.08. The number of carbonyl (C=O) groups excluding carboxylic acids is 1. The Hall–Kier alpha value is -2.36. The van der Waals surface area contributed by atoms with E-state index in [1.165, 1.54) is 0 Å². The third kappa shape index (κ3) is 5.31. The van der Waals surface area contributed by atoms with Gasteiger partial charge in [0.05, 0.1) is 12.2 Å². The Balaban J connectivity index is 1.46. The Morgan fingerprint density at radius 3 is 2.79 bits per heavy atom. The second kappa shape index (κ2) is 10.1. The summed E-state index contributed by atoms with van der Waals surface area (Å²) < 4.78 is 24.3. The number of nitrogens with zero attached hydrogens (tertiary/aromatic N) is 2. The molecule has 0 aromatic heterocycles. The van der Waals surface area contributed by atoms with E-state index < -0.39 is 18.2 Å². The Labute approximate surface area is 200 Å². The van der Waals surface area contributed by atoms with Gasteiger partial charge < -0.3 is 33.9 Å². The van der Waals surface area contributed by atoms with Crippen molar-refractivity contribution in [2.45, 2.75) is 44.5 Å². The van der Waals surface area contributed by atoms with Gasteiger partial charge in [0.25, 0.3) is 0 Å². The van der Waals surface area contributed by atoms with Gasteiger partial charge in [0.2, 0.25) is 5.91 Å². The van der Waals surface area contributed by atoms with Crippen LogP contribution in [-0.2, 0) is 19.1 Å². The molecule has 0 aliphatic carbocycles. The highest BCUT2D eigenvalue weighted by Gasteiger charge is 2.52. The van der Waals surface area contributed by atoms with E-state index >= 15 is 0 Å². The van der Waals surface area contributed by atoms with Gasteiger partial charge in [-0.15, -0.1) is 0 Å². The molecule has 3 heterocycles. The Kier molecular flexibility index (Phi) is 7.35. The monoisotopic (exact) mass is 476 g/mol. The molecule has 0 spiro atoms. The maximum Gasteiger partial charge on any atom is 0.329 e. The molecular formula is C25H36N2O7. The summed E-state index contributed by atoms with van der Waals surface area (Å²) in [5.74, 6) is 0.599. The number of carbonyl (C=O) groups is 2. The Morgan fingerprint density at radius 1 is 1.26 bits per heavy atom. The Morgan fingerprint density at radius 2 is 2.06 bits per heavy atom. The number of hydrogen-bond donors (Lipinski definition) is 1. The van der Waals surface area contributed by atoms with Crippen molar-refractivity contribution >= 4 is 11.9 Å². The lowest BCUT2D eigenvalue weighted by Gasteiger charge is -2.53. The molecule has 1 aromatic rings. The number of para-hydroxylation sites is 1. The van der Waals surface area contributed by atoms with E-state index in [-0.39, 0.29) is 36.6 Å². The summed E-state index contributed by atoms with van der Waals surface area (Å²) in [6.45, 7) is 6.06. The number of carboxylic acids is 1. The topological polar surface area (TPSA) is 97.8 Å². The minimum Gasteiger partial charge on any atom is -0.488 e. The van der Waals surface area contributed by atoms with E-state index in [0.717, 1.165) is 36.4 Å². The van der Waals surface area contributed by atoms with Crippen LogP contribution in [0, 0.1) is 11.8 Å². The van der Waals surface area contributed by atoms with Crippen LogP contribution in [0.2, 0.25) is 0 Å². The van der Waals surface area contributed by atoms with Gasteiger partial charge in [-0.2, -0.15) is 0 Å². The third-order valence-corrected chi connectivity index (χ3v) is 7.08. The van der Waals surface area contributed by atoms with Crippen molar-refractivity contribution in [3.8, 4) is 11.5 Å². The molecule has 4 atom stereocenters. The molecule has 34 heavy (non-hydrogen) atoms. The maximum absolute atomic E-state index is 12.5. The molecule has 188 valence electrons. The highest BCUT2D eigenvalue weighted by molar-refractivity contribution is 5.78. The summed E-state index contributed by atoms with van der Waals surface area (Å²) in [4.78, 5) is 27.0. The minimum absolute atomic E-state index is 0.0605. The number of ether oxygens (including phenoxy) is 4. The molecule has 1 amide bonds. The molecule has 0 saturated carbocycles. The largest absolute Gasteiger partial charge is 0.488 e. The molecule has 2 saturated heterocycles. The average molecular weight is 477 g/mol. The second-order valence-corrected chi connectivity index (χ2v) is 10.2. The van der Waals surface area contributed by atoms with Crippen LogP contribution in [0.5, 0.6) is 11.5 Å². The summed E-state index contributed by atoms with van der Waals surface area (Å²) in [6, 6.07) is 6.02. The Bertz CT molecular complexity index is 903. The zero-order valence-corrected chi connectivity index (χ0v) is 20.5. The van der Waals surface area contributed by atoms with Crippen LogP contribution in [0.3, 0.4) is 0 Å². The van der Waals surface area contributed by atoms with Crippen molar-refractivity contribution in [1.82, 2.24) is 9.80 Å². The fraction of sp³-hybridized carbons (Fsp3) is 0.680. The van der Waals surface area contributed by atoms with E-state index in [9.17, 15) is 9.59 Å². The number of benzene rings is 1. The van der Waals surface area contributed by atoms with E-state index in [1.54, 1.807) is 4.90 Å². The highest BCUT2D eigenvalue weighted by atomic mass is 16.5. The maximum atomic E-state index is 12.5. The summed E-state index contributed by atoms with van der Waals surface area (Å²) in [5, 5.41) is 8.71. The predicted octanol–water partition coefficient (Wildman–Crippen LogP) is 2.19. The number of carboxylic acid groups (broad SMARTS) is 1. The molecule has 3 aliphatic rings. The molecule has 2 fully saturated rings. The second-order valence-electron chi connectivity index (χ2n) is 10.2. The SMILES string of the molecule is CN(C)CCOc1cccc2c1OC(C)(C)[C@H]1C[C@H]3CN(C(=O)COCC(=O)O)CC[C@@H]3O[C@H]21. The van der Waals surface area contributed by atoms with E-state index in [4.69, 9.17) is 24.1 Å². The highest BCUT2D eigenvalue weighted by Crippen LogP contribution is 2.55. The number of likely N-dealkylation sites (N-methyl/N-ethyl adjacent to an activating group) is 1. The molecule has 1 aromatic carbocycles. The van der Waals surface area contributed by atoms with Crippen LogP contribution in [0.1, 0.15) is 38.4 Å². The summed E-state index contributed by atoms with van der Waals surface area (Å²) in [7, 11) is 4.03. The summed E-state index contributed by atoms with van der Waals surface area (Å²) in [6.07, 6.45) is 1.60. The summed E-state index contributed by atoms with van der Waals surface area (Å²) in [5.41, 5.74) is 0.575. The lowest BCUT2D eigenvalue weighted by molar-refractivity contribution is -0.189. The molecule has 3 aliphatic heterocycles. The van der Waals surface area contributed by atoms with Gasteiger partial charge in [0.1, 0.15) is 25.4 Å². The molecule has 1 N–H and O–H groups in total. The molecule has 0 radical (unpaired) electrons. The smallest absolute Gasteiger partial charge is 0.329 e. The standard InChI is InChI=1S/C25H36N2O7/c1-25(2)18-12-16-13-27(21(28)14-31-15-22(29)30)9-8-19(16)33-23(18)17-6-5-7-20(24(17)34-25)32-11-10-26(3)4/h5-7,16,18-19,23H,8-15H2,1-4H3,(H,29,30)/t16-,18-,19-,23+/m0/s1. The molecule has 4 rings (SSSR count). The van der Waals surface area contributed by atoms with E-state index in [2.05, 4.69) is 24.8 Å². The van der Waals surface area contributed by atoms with Gasteiger partial charge in [-0.3, -0.25) is 4.79 Å². The molecule has 0 unspecified atom stereocenters. The van der Waals surface area contributed by atoms with Gasteiger partial charge in [-0.05, 0) is 46.9 Å². The first-order valence-electron chi connectivity index (χ1n) is 12.0. The van der Waals surface area contributed by atoms with Crippen molar-refractivity contribution in [2.24, 2.45) is 11.8 Å². The number of hydrogen-bond acceptors (Lipinski definition) is 7. The predicted molar refractivity (Wildman–Crippen MR) is 124 cm³/mol. The first kappa shape index (κ1) is 24.8. The number of fused-ring (bicyclic) bond motifs is 4. The normalized spacial score (nSPS) is 27.3. The van der Waals surface area contributed by atoms with Crippen LogP contribution in [0.25, 0.3) is 0 Å². The third-order valence-electron chi connectivity index (χ3n) is 7.08. The van der Waals surface area contributed by atoms with Crippen LogP contribution in [0.15, 0.2) is 18.2 Å². The first-order chi connectivity index (χ1) is 16.2. The zero-order chi connectivity index (χ0) is 24.5. The molecule has 9 nitrogen and oxygen atoms in total. The fourth-order valence-corrected chi connectivity index (χ4v) is 5.29. The van der Waals surface area contributed by atoms with Gasteiger partial charge >= 0.3 is 5.97 Å². The molecular weight excluding hydrogens is 440 g/mol. The molecule has 0 bridgehead atoms. The lowest BCUT2D eigenvalue weighted by Crippen LogP contribution is -2.56. The van der Waals surface area contributed by atoms with Gasteiger partial charge in [0, 0.05) is 37.0 Å². The van der Waals surface area contributed by atoms with Crippen molar-refractivity contribution < 1.29 is 33.6 Å². The number of amides is 1. The van der Waals surface area contributed by atoms with Crippen LogP contribution < -0.4 is 9.47 Å². The van der Waals surface area contributed by atoms with E-state index in [1.807, 2.05) is 26.2 Å². The zero-order valence-electron chi connectivity index (χ0n) is 20.5.